The molecule has 2 atom stereocenters. The van der Waals surface area contributed by atoms with Crippen LogP contribution in [0.15, 0.2) is 24.3 Å². The van der Waals surface area contributed by atoms with Crippen molar-refractivity contribution in [3.63, 3.8) is 0 Å². The second-order valence-corrected chi connectivity index (χ2v) is 4.86. The zero-order chi connectivity index (χ0) is 14.8. The molecule has 1 aromatic rings. The number of carbonyl (C=O) groups is 1. The summed E-state index contributed by atoms with van der Waals surface area (Å²) in [5.41, 5.74) is -0.292. The number of nitrogens with one attached hydrogen (secondary N) is 1. The smallest absolute Gasteiger partial charge is 0.368 e. The Morgan fingerprint density at radius 3 is 2.80 bits per heavy atom. The van der Waals surface area contributed by atoms with Crippen molar-refractivity contribution in [1.29, 1.82) is 0 Å². The minimum atomic E-state index is -4.38. The van der Waals surface area contributed by atoms with Crippen LogP contribution in [0, 0.1) is 0 Å². The number of hydrogen-bond acceptors (Lipinski definition) is 2. The maximum Gasteiger partial charge on any atom is 0.416 e. The highest BCUT2D eigenvalue weighted by Gasteiger charge is 2.31. The number of halogens is 3. The number of ether oxygens (including phenoxy) is 1. The molecule has 1 N–H and O–H groups in total. The van der Waals surface area contributed by atoms with Crippen LogP contribution >= 0.6 is 0 Å². The largest absolute Gasteiger partial charge is 0.416 e. The lowest BCUT2D eigenvalue weighted by Gasteiger charge is -2.18. The van der Waals surface area contributed by atoms with E-state index in [1.54, 1.807) is 13.0 Å². The van der Waals surface area contributed by atoms with Crippen molar-refractivity contribution in [1.82, 2.24) is 5.32 Å². The van der Waals surface area contributed by atoms with Gasteiger partial charge in [-0.25, -0.2) is 0 Å². The first kappa shape index (κ1) is 14.8. The predicted octanol–water partition coefficient (Wildman–Crippen LogP) is 3.06. The molecule has 1 amide bonds. The van der Waals surface area contributed by atoms with Gasteiger partial charge in [-0.1, -0.05) is 12.1 Å². The van der Waals surface area contributed by atoms with Crippen LogP contribution in [0.1, 0.15) is 36.9 Å². The fourth-order valence-corrected chi connectivity index (χ4v) is 2.16. The molecule has 1 aliphatic heterocycles. The summed E-state index contributed by atoms with van der Waals surface area (Å²) in [7, 11) is 0. The van der Waals surface area contributed by atoms with Crippen LogP contribution in [0.25, 0.3) is 0 Å². The molecule has 0 aromatic heterocycles. The topological polar surface area (TPSA) is 38.3 Å². The van der Waals surface area contributed by atoms with Gasteiger partial charge in [-0.3, -0.25) is 4.79 Å². The molecule has 1 aliphatic rings. The molecule has 0 saturated carbocycles. The standard InChI is InChI=1S/C14H16F3NO2/c1-9(18-13(19)12-6-3-7-20-12)10-4-2-5-11(8-10)14(15,16)17/h2,4-5,8-9,12H,3,6-7H2,1H3,(H,18,19). The molecule has 0 aliphatic carbocycles. The summed E-state index contributed by atoms with van der Waals surface area (Å²) in [6.45, 7) is 2.21. The third-order valence-corrected chi connectivity index (χ3v) is 3.29. The van der Waals surface area contributed by atoms with Crippen molar-refractivity contribution in [2.45, 2.75) is 38.1 Å². The summed E-state index contributed by atoms with van der Waals surface area (Å²) in [5, 5.41) is 2.69. The highest BCUT2D eigenvalue weighted by molar-refractivity contribution is 5.81. The molecule has 20 heavy (non-hydrogen) atoms. The van der Waals surface area contributed by atoms with Gasteiger partial charge in [-0.05, 0) is 37.5 Å². The first-order chi connectivity index (χ1) is 9.38. The third kappa shape index (κ3) is 3.50. The summed E-state index contributed by atoms with van der Waals surface area (Å²) in [6, 6.07) is 4.48. The normalized spacial score (nSPS) is 20.7. The second kappa shape index (κ2) is 5.83. The Morgan fingerprint density at radius 1 is 1.45 bits per heavy atom. The minimum absolute atomic E-state index is 0.271. The van der Waals surface area contributed by atoms with Crippen LogP contribution in [0.3, 0.4) is 0 Å². The molecule has 1 fully saturated rings. The number of rotatable bonds is 3. The van der Waals surface area contributed by atoms with Gasteiger partial charge in [0, 0.05) is 6.61 Å². The summed E-state index contributed by atoms with van der Waals surface area (Å²) in [5.74, 6) is -0.271. The monoisotopic (exact) mass is 287 g/mol. The lowest BCUT2D eigenvalue weighted by atomic mass is 10.0. The van der Waals surface area contributed by atoms with Gasteiger partial charge < -0.3 is 10.1 Å². The summed E-state index contributed by atoms with van der Waals surface area (Å²) < 4.78 is 43.1. The van der Waals surface area contributed by atoms with Crippen molar-refractivity contribution >= 4 is 5.91 Å². The van der Waals surface area contributed by atoms with Crippen molar-refractivity contribution < 1.29 is 22.7 Å². The molecule has 0 spiro atoms. The van der Waals surface area contributed by atoms with Crippen LogP contribution in [0.2, 0.25) is 0 Å². The van der Waals surface area contributed by atoms with E-state index < -0.39 is 23.9 Å². The van der Waals surface area contributed by atoms with Gasteiger partial charge in [-0.2, -0.15) is 13.2 Å². The highest BCUT2D eigenvalue weighted by atomic mass is 19.4. The lowest BCUT2D eigenvalue weighted by Crippen LogP contribution is -2.35. The fraction of sp³-hybridized carbons (Fsp3) is 0.500. The summed E-state index contributed by atoms with van der Waals surface area (Å²) in [6.07, 6.45) is -3.38. The van der Waals surface area contributed by atoms with Crippen LogP contribution in [-0.2, 0) is 15.7 Å². The van der Waals surface area contributed by atoms with E-state index >= 15 is 0 Å². The molecule has 1 saturated heterocycles. The van der Waals surface area contributed by atoms with Gasteiger partial charge in [0.1, 0.15) is 6.10 Å². The van der Waals surface area contributed by atoms with Crippen LogP contribution in [0.5, 0.6) is 0 Å². The summed E-state index contributed by atoms with van der Waals surface area (Å²) in [4.78, 5) is 11.9. The van der Waals surface area contributed by atoms with E-state index in [2.05, 4.69) is 5.32 Å². The fourth-order valence-electron chi connectivity index (χ4n) is 2.16. The van der Waals surface area contributed by atoms with E-state index in [9.17, 15) is 18.0 Å². The average molecular weight is 287 g/mol. The summed E-state index contributed by atoms with van der Waals surface area (Å²) >= 11 is 0. The first-order valence-electron chi connectivity index (χ1n) is 6.47. The first-order valence-corrected chi connectivity index (χ1v) is 6.47. The van der Waals surface area contributed by atoms with E-state index in [0.29, 0.717) is 18.6 Å². The molecule has 0 radical (unpaired) electrons. The van der Waals surface area contributed by atoms with E-state index in [0.717, 1.165) is 18.6 Å². The zero-order valence-electron chi connectivity index (χ0n) is 11.0. The van der Waals surface area contributed by atoms with Crippen molar-refractivity contribution in [2.24, 2.45) is 0 Å². The number of amides is 1. The van der Waals surface area contributed by atoms with Crippen LogP contribution in [0.4, 0.5) is 13.2 Å². The Labute approximate surface area is 115 Å². The molecule has 2 rings (SSSR count). The quantitative estimate of drug-likeness (QED) is 0.928. The Kier molecular flexibility index (Phi) is 4.32. The Balaban J connectivity index is 2.05. The highest BCUT2D eigenvalue weighted by Crippen LogP contribution is 2.30. The molecule has 2 unspecified atom stereocenters. The van der Waals surface area contributed by atoms with E-state index in [4.69, 9.17) is 4.74 Å². The van der Waals surface area contributed by atoms with Crippen molar-refractivity contribution in [3.05, 3.63) is 35.4 Å². The van der Waals surface area contributed by atoms with E-state index in [1.807, 2.05) is 0 Å². The van der Waals surface area contributed by atoms with Crippen LogP contribution in [-0.4, -0.2) is 18.6 Å². The second-order valence-electron chi connectivity index (χ2n) is 4.86. The van der Waals surface area contributed by atoms with Gasteiger partial charge >= 0.3 is 6.18 Å². The molecule has 0 bridgehead atoms. The Morgan fingerprint density at radius 2 is 2.20 bits per heavy atom. The molecular weight excluding hydrogens is 271 g/mol. The van der Waals surface area contributed by atoms with Gasteiger partial charge in [0.15, 0.2) is 0 Å². The number of alkyl halides is 3. The average Bonchev–Trinajstić information content (AvgIpc) is 2.91. The zero-order valence-corrected chi connectivity index (χ0v) is 11.0. The molecule has 110 valence electrons. The number of hydrogen-bond donors (Lipinski definition) is 1. The third-order valence-electron chi connectivity index (χ3n) is 3.29. The lowest BCUT2D eigenvalue weighted by molar-refractivity contribution is -0.137. The van der Waals surface area contributed by atoms with Gasteiger partial charge in [0.25, 0.3) is 0 Å². The number of benzene rings is 1. The van der Waals surface area contributed by atoms with Crippen molar-refractivity contribution in [3.8, 4) is 0 Å². The Bertz CT molecular complexity index is 482. The SMILES string of the molecule is CC(NC(=O)C1CCCO1)c1cccc(C(F)(F)F)c1. The van der Waals surface area contributed by atoms with Crippen molar-refractivity contribution in [2.75, 3.05) is 6.61 Å². The van der Waals surface area contributed by atoms with E-state index in [-0.39, 0.29) is 5.91 Å². The maximum atomic E-state index is 12.6. The molecular formula is C14H16F3NO2. The van der Waals surface area contributed by atoms with Crippen LogP contribution < -0.4 is 5.32 Å². The van der Waals surface area contributed by atoms with E-state index in [1.165, 1.54) is 6.07 Å². The maximum absolute atomic E-state index is 12.6. The van der Waals surface area contributed by atoms with Gasteiger partial charge in [0.05, 0.1) is 11.6 Å². The van der Waals surface area contributed by atoms with Gasteiger partial charge in [-0.15, -0.1) is 0 Å². The van der Waals surface area contributed by atoms with Gasteiger partial charge in [0.2, 0.25) is 5.91 Å². The Hall–Kier alpha value is -1.56. The molecule has 6 heteroatoms. The predicted molar refractivity (Wildman–Crippen MR) is 67.0 cm³/mol. The molecule has 3 nitrogen and oxygen atoms in total. The molecule has 1 heterocycles. The number of carbonyl (C=O) groups excluding carboxylic acids is 1. The minimum Gasteiger partial charge on any atom is -0.368 e. The molecule has 1 aromatic carbocycles.